The van der Waals surface area contributed by atoms with Gasteiger partial charge in [0, 0.05) is 5.56 Å². The zero-order valence-electron chi connectivity index (χ0n) is 11.7. The number of hydrogen-bond acceptors (Lipinski definition) is 2. The zero-order chi connectivity index (χ0) is 14.4. The van der Waals surface area contributed by atoms with Crippen molar-refractivity contribution in [2.75, 3.05) is 7.05 Å². The largest absolute Gasteiger partial charge is 0.351 e. The lowest BCUT2D eigenvalue weighted by Crippen LogP contribution is -3.12. The van der Waals surface area contributed by atoms with Gasteiger partial charge in [-0.2, -0.15) is 0 Å². The number of quaternary nitrogens is 1. The Kier molecular flexibility index (Phi) is 5.51. The molecule has 5 nitrogen and oxygen atoms in total. The maximum absolute atomic E-state index is 11.7. The maximum Gasteiger partial charge on any atom is 0.319 e. The number of aryl methyl sites for hydroxylation is 1. The molecule has 0 bridgehead atoms. The molecule has 0 saturated heterocycles. The van der Waals surface area contributed by atoms with Gasteiger partial charge >= 0.3 is 6.03 Å². The van der Waals surface area contributed by atoms with Crippen molar-refractivity contribution in [3.05, 3.63) is 35.4 Å². The molecule has 1 rings (SSSR count). The van der Waals surface area contributed by atoms with Gasteiger partial charge in [0.2, 0.25) is 0 Å². The molecule has 0 spiro atoms. The van der Waals surface area contributed by atoms with Crippen LogP contribution in [0.25, 0.3) is 0 Å². The molecule has 0 fully saturated rings. The van der Waals surface area contributed by atoms with Gasteiger partial charge in [-0.3, -0.25) is 10.1 Å². The number of carbonyl (C=O) groups is 2. The fourth-order valence-electron chi connectivity index (χ4n) is 1.82. The first-order valence-electron chi connectivity index (χ1n) is 6.44. The van der Waals surface area contributed by atoms with Crippen molar-refractivity contribution >= 4 is 11.9 Å². The van der Waals surface area contributed by atoms with E-state index in [0.29, 0.717) is 0 Å². The van der Waals surface area contributed by atoms with Gasteiger partial charge in [-0.1, -0.05) is 31.2 Å². The number of likely N-dealkylation sites (N-methyl/N-ethyl adjacent to an activating group) is 1. The molecular formula is C14H22N3O2+. The van der Waals surface area contributed by atoms with E-state index in [1.807, 2.05) is 7.05 Å². The number of nitrogens with two attached hydrogens (primary N) is 1. The predicted octanol–water partition coefficient (Wildman–Crippen LogP) is -0.153. The summed E-state index contributed by atoms with van der Waals surface area (Å²) in [6.07, 6.45) is 1.01. The van der Waals surface area contributed by atoms with Crippen LogP contribution in [0.3, 0.4) is 0 Å². The zero-order valence-corrected chi connectivity index (χ0v) is 11.7. The molecule has 2 atom stereocenters. The molecule has 19 heavy (non-hydrogen) atoms. The second-order valence-corrected chi connectivity index (χ2v) is 4.77. The number of urea groups is 1. The molecule has 0 saturated carbocycles. The van der Waals surface area contributed by atoms with E-state index in [1.54, 1.807) is 6.92 Å². The molecule has 4 N–H and O–H groups in total. The van der Waals surface area contributed by atoms with Crippen LogP contribution in [0.2, 0.25) is 0 Å². The van der Waals surface area contributed by atoms with Gasteiger partial charge in [-0.15, -0.1) is 0 Å². The lowest BCUT2D eigenvalue weighted by molar-refractivity contribution is -0.908. The van der Waals surface area contributed by atoms with Crippen LogP contribution in [0.4, 0.5) is 4.79 Å². The lowest BCUT2D eigenvalue weighted by atomic mass is 10.1. The summed E-state index contributed by atoms with van der Waals surface area (Å²) in [7, 11) is 1.92. The molecule has 104 valence electrons. The van der Waals surface area contributed by atoms with Crippen LogP contribution < -0.4 is 16.0 Å². The van der Waals surface area contributed by atoms with Crippen molar-refractivity contribution in [3.63, 3.8) is 0 Å². The Morgan fingerprint density at radius 3 is 2.26 bits per heavy atom. The third-order valence-electron chi connectivity index (χ3n) is 3.29. The minimum Gasteiger partial charge on any atom is -0.351 e. The van der Waals surface area contributed by atoms with Gasteiger partial charge in [-0.05, 0) is 18.9 Å². The van der Waals surface area contributed by atoms with Gasteiger partial charge < -0.3 is 10.6 Å². The standard InChI is InChI=1S/C14H21N3O2/c1-4-11-5-7-12(8-6-11)9-17(3)10(2)13(18)16-14(15)19/h5-8,10H,4,9H2,1-3H3,(H3,15,16,18,19)/p+1/t10-/m0/s1. The van der Waals surface area contributed by atoms with Crippen molar-refractivity contribution in [3.8, 4) is 0 Å². The van der Waals surface area contributed by atoms with Crippen LogP contribution in [0.5, 0.6) is 0 Å². The molecule has 5 heteroatoms. The SMILES string of the molecule is CCc1ccc(C[NH+](C)[C@@H](C)C(=O)NC(N)=O)cc1. The first-order valence-corrected chi connectivity index (χ1v) is 6.44. The molecule has 0 radical (unpaired) electrons. The van der Waals surface area contributed by atoms with Crippen LogP contribution in [0.1, 0.15) is 25.0 Å². The van der Waals surface area contributed by atoms with Crippen molar-refractivity contribution in [2.24, 2.45) is 5.73 Å². The quantitative estimate of drug-likeness (QED) is 0.691. The van der Waals surface area contributed by atoms with E-state index in [0.717, 1.165) is 23.4 Å². The highest BCUT2D eigenvalue weighted by molar-refractivity contribution is 5.95. The van der Waals surface area contributed by atoms with E-state index < -0.39 is 6.03 Å². The second-order valence-electron chi connectivity index (χ2n) is 4.77. The third-order valence-corrected chi connectivity index (χ3v) is 3.29. The molecule has 1 aromatic rings. The van der Waals surface area contributed by atoms with Crippen LogP contribution in [-0.4, -0.2) is 25.0 Å². The number of primary amides is 1. The number of hydrogen-bond donors (Lipinski definition) is 3. The lowest BCUT2D eigenvalue weighted by Gasteiger charge is -2.20. The minimum absolute atomic E-state index is 0.335. The fraction of sp³-hybridized carbons (Fsp3) is 0.429. The maximum atomic E-state index is 11.7. The minimum atomic E-state index is -0.808. The summed E-state index contributed by atoms with van der Waals surface area (Å²) in [5, 5.41) is 2.11. The van der Waals surface area contributed by atoms with Crippen LogP contribution >= 0.6 is 0 Å². The molecule has 1 unspecified atom stereocenters. The Bertz CT molecular complexity index is 443. The molecule has 0 aromatic heterocycles. The summed E-state index contributed by atoms with van der Waals surface area (Å²) < 4.78 is 0. The van der Waals surface area contributed by atoms with Crippen molar-refractivity contribution in [2.45, 2.75) is 32.9 Å². The van der Waals surface area contributed by atoms with E-state index in [-0.39, 0.29) is 11.9 Å². The Hall–Kier alpha value is -1.88. The average Bonchev–Trinajstić information content (AvgIpc) is 2.37. The number of rotatable bonds is 5. The summed E-state index contributed by atoms with van der Waals surface area (Å²) in [5.41, 5.74) is 7.39. The normalized spacial score (nSPS) is 13.6. The highest BCUT2D eigenvalue weighted by Gasteiger charge is 2.22. The van der Waals surface area contributed by atoms with Crippen molar-refractivity contribution < 1.29 is 14.5 Å². The average molecular weight is 264 g/mol. The summed E-state index contributed by atoms with van der Waals surface area (Å²) >= 11 is 0. The first-order chi connectivity index (χ1) is 8.93. The highest BCUT2D eigenvalue weighted by atomic mass is 16.2. The Balaban J connectivity index is 2.59. The summed E-state index contributed by atoms with van der Waals surface area (Å²) in [6, 6.07) is 7.19. The summed E-state index contributed by atoms with van der Waals surface area (Å²) in [5.74, 6) is -0.352. The molecular weight excluding hydrogens is 242 g/mol. The van der Waals surface area contributed by atoms with Crippen molar-refractivity contribution in [1.29, 1.82) is 0 Å². The first kappa shape index (κ1) is 15.2. The number of imide groups is 1. The molecule has 3 amide bonds. The van der Waals surface area contributed by atoms with E-state index in [9.17, 15) is 9.59 Å². The molecule has 1 aromatic carbocycles. The number of carbonyl (C=O) groups excluding carboxylic acids is 2. The highest BCUT2D eigenvalue weighted by Crippen LogP contribution is 2.03. The second kappa shape index (κ2) is 6.89. The van der Waals surface area contributed by atoms with Gasteiger partial charge in [0.25, 0.3) is 5.91 Å². The van der Waals surface area contributed by atoms with E-state index in [4.69, 9.17) is 5.73 Å². The van der Waals surface area contributed by atoms with Gasteiger partial charge in [0.1, 0.15) is 6.54 Å². The van der Waals surface area contributed by atoms with Gasteiger partial charge in [0.05, 0.1) is 7.05 Å². The predicted molar refractivity (Wildman–Crippen MR) is 73.6 cm³/mol. The van der Waals surface area contributed by atoms with E-state index >= 15 is 0 Å². The van der Waals surface area contributed by atoms with Crippen LogP contribution in [0.15, 0.2) is 24.3 Å². The van der Waals surface area contributed by atoms with Crippen molar-refractivity contribution in [1.82, 2.24) is 5.32 Å². The Morgan fingerprint density at radius 1 is 1.26 bits per heavy atom. The fourth-order valence-corrected chi connectivity index (χ4v) is 1.82. The number of nitrogens with one attached hydrogen (secondary N) is 2. The molecule has 0 aliphatic heterocycles. The Labute approximate surface area is 113 Å². The number of benzene rings is 1. The van der Waals surface area contributed by atoms with Gasteiger partial charge in [-0.25, -0.2) is 4.79 Å². The van der Waals surface area contributed by atoms with Gasteiger partial charge in [0.15, 0.2) is 6.04 Å². The molecule has 0 heterocycles. The summed E-state index contributed by atoms with van der Waals surface area (Å²) in [6.45, 7) is 4.61. The smallest absolute Gasteiger partial charge is 0.319 e. The number of amides is 3. The van der Waals surface area contributed by atoms with E-state index in [1.165, 1.54) is 5.56 Å². The van der Waals surface area contributed by atoms with Crippen LogP contribution in [0, 0.1) is 0 Å². The molecule has 0 aliphatic rings. The monoisotopic (exact) mass is 264 g/mol. The summed E-state index contributed by atoms with van der Waals surface area (Å²) in [4.78, 5) is 23.3. The van der Waals surface area contributed by atoms with Crippen LogP contribution in [-0.2, 0) is 17.8 Å². The third kappa shape index (κ3) is 4.71. The Morgan fingerprint density at radius 2 is 1.79 bits per heavy atom. The van der Waals surface area contributed by atoms with E-state index in [2.05, 4.69) is 36.5 Å². The molecule has 0 aliphatic carbocycles. The topological polar surface area (TPSA) is 76.6 Å².